The highest BCUT2D eigenvalue weighted by atomic mass is 32.2. The van der Waals surface area contributed by atoms with Crippen LogP contribution < -0.4 is 5.32 Å². The number of nitrogens with zero attached hydrogens (tertiary/aromatic N) is 2. The Morgan fingerprint density at radius 1 is 1.43 bits per heavy atom. The summed E-state index contributed by atoms with van der Waals surface area (Å²) >= 11 is 1.83. The molecule has 21 heavy (non-hydrogen) atoms. The van der Waals surface area contributed by atoms with Crippen LogP contribution in [0, 0.1) is 5.92 Å². The molecule has 0 bridgehead atoms. The Hall–Kier alpha value is -0.910. The molecule has 5 nitrogen and oxygen atoms in total. The van der Waals surface area contributed by atoms with Crippen molar-refractivity contribution in [3.05, 3.63) is 0 Å². The van der Waals surface area contributed by atoms with E-state index in [1.165, 1.54) is 6.42 Å². The summed E-state index contributed by atoms with van der Waals surface area (Å²) in [5.41, 5.74) is 0. The molecular weight excluding hydrogens is 286 g/mol. The number of nitrogens with one attached hydrogen (secondary N) is 1. The highest BCUT2D eigenvalue weighted by Crippen LogP contribution is 2.22. The van der Waals surface area contributed by atoms with E-state index in [0.29, 0.717) is 24.6 Å². The maximum Gasteiger partial charge on any atom is 0.409 e. The third kappa shape index (κ3) is 4.80. The number of ether oxygens (including phenoxy) is 1. The Labute approximate surface area is 131 Å². The molecule has 6 heteroatoms. The van der Waals surface area contributed by atoms with E-state index in [-0.39, 0.29) is 6.09 Å². The number of aliphatic imine (C=N–C) groups is 1. The first-order valence-corrected chi connectivity index (χ1v) is 8.97. The van der Waals surface area contributed by atoms with Gasteiger partial charge in [0, 0.05) is 24.9 Å². The SMILES string of the molecule is CCOC(=O)N1CCC(NC2=NC(C(C)C)CCS2)CC1. The predicted molar refractivity (Wildman–Crippen MR) is 87.9 cm³/mol. The van der Waals surface area contributed by atoms with Crippen LogP contribution in [0.2, 0.25) is 0 Å². The summed E-state index contributed by atoms with van der Waals surface area (Å²) < 4.78 is 5.05. The molecule has 1 N–H and O–H groups in total. The lowest BCUT2D eigenvalue weighted by Crippen LogP contribution is -2.46. The van der Waals surface area contributed by atoms with E-state index in [2.05, 4.69) is 19.2 Å². The van der Waals surface area contributed by atoms with Gasteiger partial charge >= 0.3 is 6.09 Å². The number of hydrogen-bond donors (Lipinski definition) is 1. The molecule has 2 heterocycles. The van der Waals surface area contributed by atoms with E-state index in [1.807, 2.05) is 18.7 Å². The number of amidine groups is 1. The number of hydrogen-bond acceptors (Lipinski definition) is 5. The molecule has 0 aromatic carbocycles. The van der Waals surface area contributed by atoms with Crippen molar-refractivity contribution in [3.63, 3.8) is 0 Å². The molecule has 0 aromatic rings. The standard InChI is InChI=1S/C15H27N3O2S/c1-4-20-15(19)18-8-5-12(6-9-18)16-14-17-13(11(2)3)7-10-21-14/h11-13H,4-10H2,1-3H3,(H,16,17). The van der Waals surface area contributed by atoms with Gasteiger partial charge in [0.05, 0.1) is 12.6 Å². The number of carbonyl (C=O) groups is 1. The van der Waals surface area contributed by atoms with Crippen molar-refractivity contribution >= 4 is 23.0 Å². The van der Waals surface area contributed by atoms with Crippen LogP contribution in [0.25, 0.3) is 0 Å². The van der Waals surface area contributed by atoms with Gasteiger partial charge < -0.3 is 15.0 Å². The third-order valence-electron chi connectivity index (χ3n) is 4.05. The average Bonchev–Trinajstić information content (AvgIpc) is 2.48. The van der Waals surface area contributed by atoms with E-state index in [9.17, 15) is 4.79 Å². The topological polar surface area (TPSA) is 53.9 Å². The maximum absolute atomic E-state index is 11.7. The normalized spacial score (nSPS) is 23.9. The lowest BCUT2D eigenvalue weighted by Gasteiger charge is -2.33. The molecule has 2 rings (SSSR count). The van der Waals surface area contributed by atoms with Gasteiger partial charge in [-0.15, -0.1) is 0 Å². The molecule has 1 unspecified atom stereocenters. The Balaban J connectivity index is 1.79. The zero-order valence-electron chi connectivity index (χ0n) is 13.3. The molecule has 0 radical (unpaired) electrons. The average molecular weight is 313 g/mol. The van der Waals surface area contributed by atoms with Crippen molar-refractivity contribution in [1.82, 2.24) is 10.2 Å². The predicted octanol–water partition coefficient (Wildman–Crippen LogP) is 2.71. The molecule has 2 aliphatic rings. The number of carbonyl (C=O) groups excluding carboxylic acids is 1. The highest BCUT2D eigenvalue weighted by Gasteiger charge is 2.25. The van der Waals surface area contributed by atoms with Gasteiger partial charge in [0.1, 0.15) is 0 Å². The second-order valence-electron chi connectivity index (χ2n) is 5.99. The summed E-state index contributed by atoms with van der Waals surface area (Å²) in [6.07, 6.45) is 2.92. The fourth-order valence-electron chi connectivity index (χ4n) is 2.69. The zero-order valence-corrected chi connectivity index (χ0v) is 14.1. The summed E-state index contributed by atoms with van der Waals surface area (Å²) in [5.74, 6) is 1.75. The number of amides is 1. The molecule has 1 fully saturated rings. The van der Waals surface area contributed by atoms with Crippen LogP contribution in [-0.4, -0.2) is 53.7 Å². The molecule has 0 aliphatic carbocycles. The molecule has 120 valence electrons. The summed E-state index contributed by atoms with van der Waals surface area (Å²) in [4.78, 5) is 18.3. The lowest BCUT2D eigenvalue weighted by molar-refractivity contribution is 0.0964. The molecular formula is C15H27N3O2S. The molecule has 1 saturated heterocycles. The number of thioether (sulfide) groups is 1. The van der Waals surface area contributed by atoms with Crippen molar-refractivity contribution < 1.29 is 9.53 Å². The van der Waals surface area contributed by atoms with Gasteiger partial charge in [-0.05, 0) is 32.1 Å². The minimum atomic E-state index is -0.180. The first kappa shape index (κ1) is 16.5. The van der Waals surface area contributed by atoms with Crippen LogP contribution in [0.4, 0.5) is 4.79 Å². The smallest absolute Gasteiger partial charge is 0.409 e. The summed E-state index contributed by atoms with van der Waals surface area (Å²) in [6, 6.07) is 0.876. The molecule has 2 aliphatic heterocycles. The van der Waals surface area contributed by atoms with Crippen LogP contribution in [0.3, 0.4) is 0 Å². The van der Waals surface area contributed by atoms with E-state index in [0.717, 1.165) is 36.9 Å². The van der Waals surface area contributed by atoms with Crippen molar-refractivity contribution in [2.24, 2.45) is 10.9 Å². The largest absolute Gasteiger partial charge is 0.450 e. The van der Waals surface area contributed by atoms with Gasteiger partial charge in [-0.1, -0.05) is 25.6 Å². The number of piperidine rings is 1. The van der Waals surface area contributed by atoms with E-state index in [4.69, 9.17) is 9.73 Å². The fourth-order valence-corrected chi connectivity index (χ4v) is 3.70. The Bertz CT molecular complexity index is 379. The second-order valence-corrected chi connectivity index (χ2v) is 7.07. The minimum absolute atomic E-state index is 0.180. The lowest BCUT2D eigenvalue weighted by atomic mass is 10.0. The Morgan fingerprint density at radius 2 is 2.14 bits per heavy atom. The molecule has 0 aromatic heterocycles. The molecule has 1 amide bonds. The first-order chi connectivity index (χ1) is 10.1. The fraction of sp³-hybridized carbons (Fsp3) is 0.867. The second kappa shape index (κ2) is 7.92. The van der Waals surface area contributed by atoms with Crippen LogP contribution in [0.15, 0.2) is 4.99 Å². The van der Waals surface area contributed by atoms with Crippen LogP contribution >= 0.6 is 11.8 Å². The maximum atomic E-state index is 11.7. The van der Waals surface area contributed by atoms with Crippen molar-refractivity contribution in [2.75, 3.05) is 25.4 Å². The molecule has 0 spiro atoms. The minimum Gasteiger partial charge on any atom is -0.450 e. The van der Waals surface area contributed by atoms with Gasteiger partial charge in [-0.2, -0.15) is 0 Å². The van der Waals surface area contributed by atoms with Gasteiger partial charge in [-0.25, -0.2) is 4.79 Å². The number of likely N-dealkylation sites (tertiary alicyclic amines) is 1. The summed E-state index contributed by atoms with van der Waals surface area (Å²) in [5, 5.41) is 4.66. The van der Waals surface area contributed by atoms with Crippen molar-refractivity contribution in [1.29, 1.82) is 0 Å². The molecule has 1 atom stereocenters. The summed E-state index contributed by atoms with van der Waals surface area (Å²) in [6.45, 7) is 8.29. The summed E-state index contributed by atoms with van der Waals surface area (Å²) in [7, 11) is 0. The quantitative estimate of drug-likeness (QED) is 0.870. The van der Waals surface area contributed by atoms with Crippen LogP contribution in [0.5, 0.6) is 0 Å². The van der Waals surface area contributed by atoms with Gasteiger partial charge in [0.25, 0.3) is 0 Å². The first-order valence-electron chi connectivity index (χ1n) is 7.99. The Morgan fingerprint density at radius 3 is 2.76 bits per heavy atom. The van der Waals surface area contributed by atoms with Gasteiger partial charge in [-0.3, -0.25) is 4.99 Å². The van der Waals surface area contributed by atoms with Crippen LogP contribution in [-0.2, 0) is 4.74 Å². The zero-order chi connectivity index (χ0) is 15.2. The van der Waals surface area contributed by atoms with Crippen molar-refractivity contribution in [2.45, 2.75) is 52.1 Å². The Kier molecular flexibility index (Phi) is 6.21. The van der Waals surface area contributed by atoms with Crippen LogP contribution in [0.1, 0.15) is 40.0 Å². The van der Waals surface area contributed by atoms with Gasteiger partial charge in [0.2, 0.25) is 0 Å². The van der Waals surface area contributed by atoms with Crippen molar-refractivity contribution in [3.8, 4) is 0 Å². The molecule has 0 saturated carbocycles. The number of rotatable bonds is 3. The van der Waals surface area contributed by atoms with E-state index < -0.39 is 0 Å². The van der Waals surface area contributed by atoms with Gasteiger partial charge in [0.15, 0.2) is 5.17 Å². The van der Waals surface area contributed by atoms with E-state index >= 15 is 0 Å². The monoisotopic (exact) mass is 313 g/mol. The van der Waals surface area contributed by atoms with E-state index in [1.54, 1.807) is 4.90 Å². The third-order valence-corrected chi connectivity index (χ3v) is 4.99. The highest BCUT2D eigenvalue weighted by molar-refractivity contribution is 8.13.